The zero-order chi connectivity index (χ0) is 12.3. The second kappa shape index (κ2) is 5.12. The van der Waals surface area contributed by atoms with Crippen LogP contribution in [0.3, 0.4) is 0 Å². The molecule has 1 aromatic carbocycles. The summed E-state index contributed by atoms with van der Waals surface area (Å²) in [4.78, 5) is 21.6. The van der Waals surface area contributed by atoms with E-state index in [1.165, 1.54) is 0 Å². The summed E-state index contributed by atoms with van der Waals surface area (Å²) in [7, 11) is 0. The molecule has 0 saturated heterocycles. The molecule has 5 heteroatoms. The zero-order valence-corrected chi connectivity index (χ0v) is 10.2. The number of rotatable bonds is 4. The summed E-state index contributed by atoms with van der Waals surface area (Å²) in [5.74, 6) is -3.25. The van der Waals surface area contributed by atoms with E-state index in [2.05, 4.69) is 15.9 Å². The fourth-order valence-corrected chi connectivity index (χ4v) is 1.89. The first-order valence-electron chi connectivity index (χ1n) is 4.63. The van der Waals surface area contributed by atoms with Crippen molar-refractivity contribution in [2.24, 2.45) is 0 Å². The van der Waals surface area contributed by atoms with Crippen molar-refractivity contribution in [3.63, 3.8) is 0 Å². The van der Waals surface area contributed by atoms with E-state index in [-0.39, 0.29) is 0 Å². The van der Waals surface area contributed by atoms with Gasteiger partial charge in [-0.1, -0.05) is 28.1 Å². The molecule has 4 nitrogen and oxygen atoms in total. The van der Waals surface area contributed by atoms with Gasteiger partial charge in [-0.15, -0.1) is 0 Å². The van der Waals surface area contributed by atoms with Gasteiger partial charge in [-0.25, -0.2) is 0 Å². The first-order chi connectivity index (χ1) is 7.43. The number of benzene rings is 1. The van der Waals surface area contributed by atoms with Crippen LogP contribution >= 0.6 is 15.9 Å². The second-order valence-electron chi connectivity index (χ2n) is 3.44. The third kappa shape index (κ3) is 2.82. The highest BCUT2D eigenvalue weighted by atomic mass is 79.9. The van der Waals surface area contributed by atoms with Crippen molar-refractivity contribution < 1.29 is 19.8 Å². The van der Waals surface area contributed by atoms with Gasteiger partial charge in [0.2, 0.25) is 0 Å². The maximum Gasteiger partial charge on any atom is 0.311 e. The summed E-state index contributed by atoms with van der Waals surface area (Å²) in [6, 6.07) is 5.13. The number of hydrogen-bond acceptors (Lipinski definition) is 2. The largest absolute Gasteiger partial charge is 0.481 e. The van der Waals surface area contributed by atoms with E-state index in [0.717, 1.165) is 10.0 Å². The molecule has 16 heavy (non-hydrogen) atoms. The van der Waals surface area contributed by atoms with Gasteiger partial charge in [-0.3, -0.25) is 9.59 Å². The van der Waals surface area contributed by atoms with Gasteiger partial charge in [0.25, 0.3) is 0 Å². The number of hydrogen-bond donors (Lipinski definition) is 2. The molecule has 0 aliphatic rings. The van der Waals surface area contributed by atoms with Gasteiger partial charge >= 0.3 is 11.9 Å². The standard InChI is InChI=1S/C11H11BrO4/c1-6-7(3-2-4-9(6)12)8(11(15)16)5-10(13)14/h2-4,8H,5H2,1H3,(H,13,14)(H,15,16). The molecule has 0 amide bonds. The van der Waals surface area contributed by atoms with Gasteiger partial charge < -0.3 is 10.2 Å². The predicted octanol–water partition coefficient (Wildman–Crippen LogP) is 2.40. The Morgan fingerprint density at radius 1 is 1.38 bits per heavy atom. The average Bonchev–Trinajstić information content (AvgIpc) is 2.18. The van der Waals surface area contributed by atoms with Crippen LogP contribution in [0.15, 0.2) is 22.7 Å². The summed E-state index contributed by atoms with van der Waals surface area (Å²) in [6.45, 7) is 1.76. The van der Waals surface area contributed by atoms with Crippen molar-refractivity contribution in [2.45, 2.75) is 19.3 Å². The number of carboxylic acids is 2. The quantitative estimate of drug-likeness (QED) is 0.891. The van der Waals surface area contributed by atoms with Crippen molar-refractivity contribution >= 4 is 27.9 Å². The maximum absolute atomic E-state index is 11.0. The second-order valence-corrected chi connectivity index (χ2v) is 4.30. The van der Waals surface area contributed by atoms with Gasteiger partial charge in [0.1, 0.15) is 0 Å². The summed E-state index contributed by atoms with van der Waals surface area (Å²) in [5, 5.41) is 17.7. The molecule has 0 aromatic heterocycles. The normalized spacial score (nSPS) is 12.1. The first-order valence-corrected chi connectivity index (χ1v) is 5.42. The van der Waals surface area contributed by atoms with E-state index in [4.69, 9.17) is 10.2 Å². The lowest BCUT2D eigenvalue weighted by Gasteiger charge is -2.14. The lowest BCUT2D eigenvalue weighted by Crippen LogP contribution is -2.17. The molecular formula is C11H11BrO4. The van der Waals surface area contributed by atoms with Crippen LogP contribution in [0.5, 0.6) is 0 Å². The third-order valence-corrected chi connectivity index (χ3v) is 3.22. The molecule has 0 spiro atoms. The summed E-state index contributed by atoms with van der Waals surface area (Å²) >= 11 is 3.29. The average molecular weight is 287 g/mol. The Hall–Kier alpha value is -1.36. The molecule has 1 rings (SSSR count). The molecule has 1 atom stereocenters. The molecule has 1 unspecified atom stereocenters. The molecule has 0 aliphatic heterocycles. The highest BCUT2D eigenvalue weighted by molar-refractivity contribution is 9.10. The minimum atomic E-state index is -1.12. The van der Waals surface area contributed by atoms with Gasteiger partial charge in [0.05, 0.1) is 12.3 Å². The van der Waals surface area contributed by atoms with E-state index in [1.54, 1.807) is 25.1 Å². The minimum absolute atomic E-state index is 0.410. The minimum Gasteiger partial charge on any atom is -0.481 e. The fraction of sp³-hybridized carbons (Fsp3) is 0.273. The number of carboxylic acid groups (broad SMARTS) is 2. The van der Waals surface area contributed by atoms with Crippen LogP contribution in [-0.2, 0) is 9.59 Å². The Balaban J connectivity index is 3.16. The van der Waals surface area contributed by atoms with E-state index in [9.17, 15) is 9.59 Å². The molecule has 2 N–H and O–H groups in total. The smallest absolute Gasteiger partial charge is 0.311 e. The highest BCUT2D eigenvalue weighted by Gasteiger charge is 2.24. The lowest BCUT2D eigenvalue weighted by molar-refractivity contribution is -0.145. The van der Waals surface area contributed by atoms with E-state index in [0.29, 0.717) is 5.56 Å². The van der Waals surface area contributed by atoms with Crippen molar-refractivity contribution in [2.75, 3.05) is 0 Å². The van der Waals surface area contributed by atoms with Gasteiger partial charge in [-0.05, 0) is 24.1 Å². The van der Waals surface area contributed by atoms with Crippen LogP contribution in [0, 0.1) is 6.92 Å². The molecule has 1 aromatic rings. The van der Waals surface area contributed by atoms with Gasteiger partial charge in [0, 0.05) is 4.47 Å². The van der Waals surface area contributed by atoms with Crippen LogP contribution in [-0.4, -0.2) is 22.2 Å². The summed E-state index contributed by atoms with van der Waals surface area (Å²) in [5.41, 5.74) is 1.29. The molecule has 0 aliphatic carbocycles. The molecule has 0 bridgehead atoms. The van der Waals surface area contributed by atoms with Crippen LogP contribution in [0.2, 0.25) is 0 Å². The van der Waals surface area contributed by atoms with Crippen molar-refractivity contribution in [1.29, 1.82) is 0 Å². The lowest BCUT2D eigenvalue weighted by atomic mass is 9.92. The Morgan fingerprint density at radius 3 is 2.50 bits per heavy atom. The predicted molar refractivity (Wildman–Crippen MR) is 61.5 cm³/mol. The first kappa shape index (κ1) is 12.7. The molecule has 0 fully saturated rings. The Labute approximate surface area is 101 Å². The number of carbonyl (C=O) groups is 2. The molecule has 0 saturated carbocycles. The van der Waals surface area contributed by atoms with Gasteiger partial charge in [-0.2, -0.15) is 0 Å². The van der Waals surface area contributed by atoms with E-state index in [1.807, 2.05) is 0 Å². The van der Waals surface area contributed by atoms with Crippen LogP contribution in [0.1, 0.15) is 23.5 Å². The van der Waals surface area contributed by atoms with Crippen LogP contribution < -0.4 is 0 Å². The number of aliphatic carboxylic acids is 2. The van der Waals surface area contributed by atoms with Crippen molar-refractivity contribution in [1.82, 2.24) is 0 Å². The topological polar surface area (TPSA) is 74.6 Å². The monoisotopic (exact) mass is 286 g/mol. The van der Waals surface area contributed by atoms with E-state index >= 15 is 0 Å². The Bertz CT molecular complexity index is 428. The Kier molecular flexibility index (Phi) is 4.06. The SMILES string of the molecule is Cc1c(Br)cccc1C(CC(=O)O)C(=O)O. The van der Waals surface area contributed by atoms with Crippen LogP contribution in [0.25, 0.3) is 0 Å². The van der Waals surface area contributed by atoms with Crippen molar-refractivity contribution in [3.05, 3.63) is 33.8 Å². The molecular weight excluding hydrogens is 276 g/mol. The maximum atomic E-state index is 11.0. The molecule has 0 radical (unpaired) electrons. The molecule has 0 heterocycles. The summed E-state index contributed by atoms with van der Waals surface area (Å²) in [6.07, 6.45) is -0.410. The fourth-order valence-electron chi connectivity index (χ4n) is 1.51. The Morgan fingerprint density at radius 2 is 2.00 bits per heavy atom. The zero-order valence-electron chi connectivity index (χ0n) is 8.61. The van der Waals surface area contributed by atoms with E-state index < -0.39 is 24.3 Å². The number of halogens is 1. The van der Waals surface area contributed by atoms with Gasteiger partial charge in [0.15, 0.2) is 0 Å². The van der Waals surface area contributed by atoms with Crippen molar-refractivity contribution in [3.8, 4) is 0 Å². The highest BCUT2D eigenvalue weighted by Crippen LogP contribution is 2.28. The third-order valence-electron chi connectivity index (χ3n) is 2.36. The molecule has 86 valence electrons. The summed E-state index contributed by atoms with van der Waals surface area (Å²) < 4.78 is 0.779. The van der Waals surface area contributed by atoms with Crippen LogP contribution in [0.4, 0.5) is 0 Å².